The molecule has 1 aromatic rings. The third-order valence-corrected chi connectivity index (χ3v) is 5.03. The van der Waals surface area contributed by atoms with Crippen molar-refractivity contribution in [3.8, 4) is 0 Å². The molecule has 1 aliphatic carbocycles. The summed E-state index contributed by atoms with van der Waals surface area (Å²) in [6.45, 7) is 7.88. The number of aryl methyl sites for hydroxylation is 2. The molecule has 2 N–H and O–H groups in total. The predicted molar refractivity (Wildman–Crippen MR) is 81.6 cm³/mol. The fourth-order valence-electron chi connectivity index (χ4n) is 3.29. The molecule has 0 saturated heterocycles. The van der Waals surface area contributed by atoms with E-state index in [1.54, 1.807) is 0 Å². The van der Waals surface area contributed by atoms with Gasteiger partial charge in [0.25, 0.3) is 0 Å². The second-order valence-electron chi connectivity index (χ2n) is 6.45. The molecule has 114 valence electrons. The van der Waals surface area contributed by atoms with Gasteiger partial charge in [0.2, 0.25) is 0 Å². The predicted octanol–water partition coefficient (Wildman–Crippen LogP) is 2.46. The van der Waals surface area contributed by atoms with Gasteiger partial charge in [-0.15, -0.1) is 0 Å². The van der Waals surface area contributed by atoms with Crippen molar-refractivity contribution in [2.24, 2.45) is 13.0 Å². The standard InChI is InChI=1S/C16H29N3O/c1-5-14-6-8-16(20,9-7-14)11-17-10-15-12(2)18-19(4)13(15)3/h14,17,20H,5-11H2,1-4H3. The summed E-state index contributed by atoms with van der Waals surface area (Å²) < 4.78 is 1.92. The Bertz CT molecular complexity index is 445. The zero-order valence-corrected chi connectivity index (χ0v) is 13.4. The van der Waals surface area contributed by atoms with Crippen LogP contribution in [-0.2, 0) is 13.6 Å². The van der Waals surface area contributed by atoms with Gasteiger partial charge in [-0.2, -0.15) is 5.10 Å². The number of hydrogen-bond donors (Lipinski definition) is 2. The van der Waals surface area contributed by atoms with Gasteiger partial charge in [-0.25, -0.2) is 0 Å². The first kappa shape index (κ1) is 15.5. The lowest BCUT2D eigenvalue weighted by molar-refractivity contribution is -0.00883. The van der Waals surface area contributed by atoms with Crippen LogP contribution in [0.4, 0.5) is 0 Å². The van der Waals surface area contributed by atoms with E-state index in [1.165, 1.54) is 30.5 Å². The lowest BCUT2D eigenvalue weighted by Crippen LogP contribution is -2.43. The number of aromatic nitrogens is 2. The minimum Gasteiger partial charge on any atom is -0.389 e. The molecular weight excluding hydrogens is 250 g/mol. The quantitative estimate of drug-likeness (QED) is 0.870. The Morgan fingerprint density at radius 3 is 2.50 bits per heavy atom. The van der Waals surface area contributed by atoms with E-state index in [0.29, 0.717) is 6.54 Å². The first-order valence-corrected chi connectivity index (χ1v) is 7.87. The third kappa shape index (κ3) is 3.41. The highest BCUT2D eigenvalue weighted by Gasteiger charge is 2.32. The zero-order chi connectivity index (χ0) is 14.8. The molecule has 0 bridgehead atoms. The first-order chi connectivity index (χ1) is 9.45. The van der Waals surface area contributed by atoms with Crippen molar-refractivity contribution >= 4 is 0 Å². The summed E-state index contributed by atoms with van der Waals surface area (Å²) in [5.41, 5.74) is 3.05. The second-order valence-corrected chi connectivity index (χ2v) is 6.45. The maximum atomic E-state index is 10.6. The van der Waals surface area contributed by atoms with Crippen molar-refractivity contribution in [2.75, 3.05) is 6.54 Å². The van der Waals surface area contributed by atoms with E-state index < -0.39 is 5.60 Å². The van der Waals surface area contributed by atoms with Gasteiger partial charge in [-0.3, -0.25) is 4.68 Å². The van der Waals surface area contributed by atoms with E-state index >= 15 is 0 Å². The average molecular weight is 279 g/mol. The summed E-state index contributed by atoms with van der Waals surface area (Å²) in [6, 6.07) is 0. The van der Waals surface area contributed by atoms with E-state index in [2.05, 4.69) is 24.3 Å². The van der Waals surface area contributed by atoms with Gasteiger partial charge in [0, 0.05) is 31.4 Å². The van der Waals surface area contributed by atoms with Crippen molar-refractivity contribution < 1.29 is 5.11 Å². The Labute approximate surface area is 122 Å². The summed E-state index contributed by atoms with van der Waals surface area (Å²) >= 11 is 0. The van der Waals surface area contributed by atoms with E-state index in [1.807, 2.05) is 18.7 Å². The third-order valence-electron chi connectivity index (χ3n) is 5.03. The van der Waals surface area contributed by atoms with Crippen LogP contribution in [0.3, 0.4) is 0 Å². The van der Waals surface area contributed by atoms with Crippen molar-refractivity contribution in [3.05, 3.63) is 17.0 Å². The van der Waals surface area contributed by atoms with Gasteiger partial charge in [-0.1, -0.05) is 13.3 Å². The van der Waals surface area contributed by atoms with Gasteiger partial charge in [-0.05, 0) is 45.4 Å². The number of rotatable bonds is 5. The Morgan fingerprint density at radius 1 is 1.35 bits per heavy atom. The van der Waals surface area contributed by atoms with Crippen molar-refractivity contribution in [2.45, 2.75) is 65.0 Å². The molecule has 1 aromatic heterocycles. The first-order valence-electron chi connectivity index (χ1n) is 7.87. The molecular formula is C16H29N3O. The summed E-state index contributed by atoms with van der Waals surface area (Å²) in [5.74, 6) is 0.818. The number of aliphatic hydroxyl groups is 1. The molecule has 4 nitrogen and oxygen atoms in total. The maximum Gasteiger partial charge on any atom is 0.0771 e. The molecule has 20 heavy (non-hydrogen) atoms. The van der Waals surface area contributed by atoms with Crippen molar-refractivity contribution in [1.29, 1.82) is 0 Å². The lowest BCUT2D eigenvalue weighted by Gasteiger charge is -2.36. The van der Waals surface area contributed by atoms with Crippen LogP contribution in [0.5, 0.6) is 0 Å². The molecule has 0 aliphatic heterocycles. The van der Waals surface area contributed by atoms with Gasteiger partial charge >= 0.3 is 0 Å². The average Bonchev–Trinajstić information content (AvgIpc) is 2.66. The van der Waals surface area contributed by atoms with E-state index in [4.69, 9.17) is 0 Å². The monoisotopic (exact) mass is 279 g/mol. The summed E-state index contributed by atoms with van der Waals surface area (Å²) in [4.78, 5) is 0. The van der Waals surface area contributed by atoms with Crippen LogP contribution in [0, 0.1) is 19.8 Å². The van der Waals surface area contributed by atoms with Crippen LogP contribution in [0.15, 0.2) is 0 Å². The molecule has 0 aromatic carbocycles. The van der Waals surface area contributed by atoms with Crippen LogP contribution < -0.4 is 5.32 Å². The topological polar surface area (TPSA) is 50.1 Å². The van der Waals surface area contributed by atoms with Crippen LogP contribution in [0.1, 0.15) is 56.0 Å². The Balaban J connectivity index is 1.84. The summed E-state index contributed by atoms with van der Waals surface area (Å²) in [5, 5.41) is 18.5. The highest BCUT2D eigenvalue weighted by Crippen LogP contribution is 2.33. The maximum absolute atomic E-state index is 10.6. The highest BCUT2D eigenvalue weighted by molar-refractivity contribution is 5.24. The van der Waals surface area contributed by atoms with Gasteiger partial charge < -0.3 is 10.4 Å². The van der Waals surface area contributed by atoms with E-state index in [0.717, 1.165) is 31.0 Å². The van der Waals surface area contributed by atoms with Crippen LogP contribution in [-0.4, -0.2) is 27.0 Å². The molecule has 0 radical (unpaired) electrons. The fourth-order valence-corrected chi connectivity index (χ4v) is 3.29. The van der Waals surface area contributed by atoms with Crippen molar-refractivity contribution in [3.63, 3.8) is 0 Å². The number of hydrogen-bond acceptors (Lipinski definition) is 3. The number of nitrogens with zero attached hydrogens (tertiary/aromatic N) is 2. The Hall–Kier alpha value is -0.870. The zero-order valence-electron chi connectivity index (χ0n) is 13.4. The molecule has 2 rings (SSSR count). The molecule has 1 fully saturated rings. The fraction of sp³-hybridized carbons (Fsp3) is 0.812. The van der Waals surface area contributed by atoms with Crippen LogP contribution in [0.25, 0.3) is 0 Å². The minimum atomic E-state index is -0.504. The van der Waals surface area contributed by atoms with Gasteiger partial charge in [0.15, 0.2) is 0 Å². The minimum absolute atomic E-state index is 0.504. The SMILES string of the molecule is CCC1CCC(O)(CNCc2c(C)nn(C)c2C)CC1. The smallest absolute Gasteiger partial charge is 0.0771 e. The van der Waals surface area contributed by atoms with Gasteiger partial charge in [0.05, 0.1) is 11.3 Å². The Kier molecular flexibility index (Phi) is 4.86. The molecule has 1 heterocycles. The molecule has 4 heteroatoms. The normalized spacial score (nSPS) is 26.9. The van der Waals surface area contributed by atoms with Crippen molar-refractivity contribution in [1.82, 2.24) is 15.1 Å². The highest BCUT2D eigenvalue weighted by atomic mass is 16.3. The van der Waals surface area contributed by atoms with Crippen LogP contribution in [0.2, 0.25) is 0 Å². The molecule has 0 amide bonds. The lowest BCUT2D eigenvalue weighted by atomic mass is 9.78. The Morgan fingerprint density at radius 2 is 2.00 bits per heavy atom. The summed E-state index contributed by atoms with van der Waals surface area (Å²) in [6.07, 6.45) is 5.45. The molecule has 1 saturated carbocycles. The molecule has 0 atom stereocenters. The number of nitrogens with one attached hydrogen (secondary N) is 1. The van der Waals surface area contributed by atoms with Gasteiger partial charge in [0.1, 0.15) is 0 Å². The van der Waals surface area contributed by atoms with Crippen LogP contribution >= 0.6 is 0 Å². The summed E-state index contributed by atoms with van der Waals surface area (Å²) in [7, 11) is 1.98. The van der Waals surface area contributed by atoms with E-state index in [9.17, 15) is 5.11 Å². The van der Waals surface area contributed by atoms with E-state index in [-0.39, 0.29) is 0 Å². The second kappa shape index (κ2) is 6.27. The largest absolute Gasteiger partial charge is 0.389 e. The molecule has 0 unspecified atom stereocenters. The molecule has 0 spiro atoms. The molecule has 1 aliphatic rings.